The van der Waals surface area contributed by atoms with E-state index in [0.717, 1.165) is 0 Å². The molecule has 1 heterocycles. The molecule has 0 aliphatic rings. The Morgan fingerprint density at radius 2 is 1.72 bits per heavy atom. The van der Waals surface area contributed by atoms with Crippen molar-refractivity contribution < 1.29 is 10.0 Å². The van der Waals surface area contributed by atoms with Crippen LogP contribution in [0.2, 0.25) is 0 Å². The molecule has 1 N–H and O–H groups in total. The van der Waals surface area contributed by atoms with Gasteiger partial charge < -0.3 is 5.11 Å². The zero-order valence-electron chi connectivity index (χ0n) is 15.1. The van der Waals surface area contributed by atoms with Gasteiger partial charge in [0, 0.05) is 12.1 Å². The van der Waals surface area contributed by atoms with E-state index < -0.39 is 4.92 Å². The number of hydrogen-bond acceptors (Lipinski definition) is 5. The SMILES string of the molecule is O=c1c2ccccc2nc(/C=C/c2ccccc2[N+](=O)[O-])n1-c1cccc(O)c1. The van der Waals surface area contributed by atoms with E-state index in [2.05, 4.69) is 4.98 Å². The number of phenolic OH excluding ortho intramolecular Hbond substituents is 1. The molecule has 3 aromatic carbocycles. The molecule has 0 saturated carbocycles. The Balaban J connectivity index is 1.95. The van der Waals surface area contributed by atoms with Gasteiger partial charge in [-0.3, -0.25) is 19.5 Å². The van der Waals surface area contributed by atoms with E-state index in [-0.39, 0.29) is 22.8 Å². The molecule has 0 spiro atoms. The number of aromatic hydroxyl groups is 1. The first kappa shape index (κ1) is 18.1. The molecule has 0 bridgehead atoms. The van der Waals surface area contributed by atoms with Crippen molar-refractivity contribution in [3.05, 3.63) is 105 Å². The Morgan fingerprint density at radius 1 is 0.966 bits per heavy atom. The fourth-order valence-corrected chi connectivity index (χ4v) is 3.10. The zero-order valence-corrected chi connectivity index (χ0v) is 15.1. The van der Waals surface area contributed by atoms with Crippen molar-refractivity contribution in [3.63, 3.8) is 0 Å². The second-order valence-corrected chi connectivity index (χ2v) is 6.30. The van der Waals surface area contributed by atoms with Gasteiger partial charge in [-0.1, -0.05) is 30.3 Å². The van der Waals surface area contributed by atoms with Crippen LogP contribution in [0.15, 0.2) is 77.6 Å². The van der Waals surface area contributed by atoms with E-state index in [1.807, 2.05) is 0 Å². The maximum absolute atomic E-state index is 13.1. The topological polar surface area (TPSA) is 98.3 Å². The standard InChI is InChI=1S/C22H15N3O4/c26-17-8-5-7-16(14-17)24-21(23-19-10-3-2-9-18(19)22(24)27)13-12-15-6-1-4-11-20(15)25(28)29/h1-14,26H/b13-12+. The number of rotatable bonds is 4. The van der Waals surface area contributed by atoms with E-state index in [0.29, 0.717) is 22.2 Å². The number of para-hydroxylation sites is 2. The van der Waals surface area contributed by atoms with Crippen molar-refractivity contribution in [2.45, 2.75) is 0 Å². The average molecular weight is 385 g/mol. The number of aromatic nitrogens is 2. The van der Waals surface area contributed by atoms with Crippen molar-refractivity contribution in [2.75, 3.05) is 0 Å². The summed E-state index contributed by atoms with van der Waals surface area (Å²) in [6, 6.07) is 19.5. The summed E-state index contributed by atoms with van der Waals surface area (Å²) in [6.45, 7) is 0. The van der Waals surface area contributed by atoms with Crippen LogP contribution in [0, 0.1) is 10.1 Å². The smallest absolute Gasteiger partial charge is 0.276 e. The molecule has 7 nitrogen and oxygen atoms in total. The minimum Gasteiger partial charge on any atom is -0.508 e. The average Bonchev–Trinajstić information content (AvgIpc) is 2.72. The first-order chi connectivity index (χ1) is 14.0. The maximum atomic E-state index is 13.1. The third-order valence-corrected chi connectivity index (χ3v) is 4.43. The van der Waals surface area contributed by atoms with Crippen LogP contribution < -0.4 is 5.56 Å². The lowest BCUT2D eigenvalue weighted by Gasteiger charge is -2.11. The second kappa shape index (κ2) is 7.40. The molecule has 0 atom stereocenters. The number of nitro groups is 1. The lowest BCUT2D eigenvalue weighted by molar-refractivity contribution is -0.385. The Hall–Kier alpha value is -4.26. The maximum Gasteiger partial charge on any atom is 0.276 e. The Kier molecular flexibility index (Phi) is 4.62. The summed E-state index contributed by atoms with van der Waals surface area (Å²) in [6.07, 6.45) is 3.11. The van der Waals surface area contributed by atoms with Gasteiger partial charge in [0.25, 0.3) is 11.2 Å². The molecule has 29 heavy (non-hydrogen) atoms. The normalized spacial score (nSPS) is 11.2. The minimum absolute atomic E-state index is 0.0104. The summed E-state index contributed by atoms with van der Waals surface area (Å²) >= 11 is 0. The van der Waals surface area contributed by atoms with Gasteiger partial charge in [-0.25, -0.2) is 4.98 Å². The summed E-state index contributed by atoms with van der Waals surface area (Å²) in [5, 5.41) is 21.5. The lowest BCUT2D eigenvalue weighted by Crippen LogP contribution is -2.22. The number of fused-ring (bicyclic) bond motifs is 1. The van der Waals surface area contributed by atoms with E-state index in [1.165, 1.54) is 22.8 Å². The molecule has 0 saturated heterocycles. The van der Waals surface area contributed by atoms with Gasteiger partial charge in [-0.15, -0.1) is 0 Å². The van der Waals surface area contributed by atoms with Gasteiger partial charge in [-0.2, -0.15) is 0 Å². The number of benzene rings is 3. The van der Waals surface area contributed by atoms with E-state index >= 15 is 0 Å². The molecular formula is C22H15N3O4. The quantitative estimate of drug-likeness (QED) is 0.420. The van der Waals surface area contributed by atoms with Gasteiger partial charge in [0.1, 0.15) is 11.6 Å². The predicted octanol–water partition coefficient (Wildman–Crippen LogP) is 4.17. The van der Waals surface area contributed by atoms with Gasteiger partial charge >= 0.3 is 0 Å². The van der Waals surface area contributed by atoms with E-state index in [4.69, 9.17) is 0 Å². The van der Waals surface area contributed by atoms with Gasteiger partial charge in [0.2, 0.25) is 0 Å². The largest absolute Gasteiger partial charge is 0.508 e. The zero-order chi connectivity index (χ0) is 20.4. The van der Waals surface area contributed by atoms with Gasteiger partial charge in [0.15, 0.2) is 0 Å². The second-order valence-electron chi connectivity index (χ2n) is 6.30. The molecule has 1 aromatic heterocycles. The van der Waals surface area contributed by atoms with Crippen LogP contribution in [0.1, 0.15) is 11.4 Å². The van der Waals surface area contributed by atoms with Crippen LogP contribution in [0.5, 0.6) is 5.75 Å². The van der Waals surface area contributed by atoms with Crippen molar-refractivity contribution in [3.8, 4) is 11.4 Å². The molecule has 4 rings (SSSR count). The van der Waals surface area contributed by atoms with Crippen molar-refractivity contribution in [1.82, 2.24) is 9.55 Å². The number of phenols is 1. The molecule has 0 radical (unpaired) electrons. The number of nitrogens with zero attached hydrogens (tertiary/aromatic N) is 3. The number of nitro benzene ring substituents is 1. The van der Waals surface area contributed by atoms with E-state index in [9.17, 15) is 20.0 Å². The molecule has 0 unspecified atom stereocenters. The fraction of sp³-hybridized carbons (Fsp3) is 0. The summed E-state index contributed by atoms with van der Waals surface area (Å²) in [7, 11) is 0. The van der Waals surface area contributed by atoms with Crippen LogP contribution in [0.25, 0.3) is 28.7 Å². The third kappa shape index (κ3) is 3.49. The molecule has 0 aliphatic heterocycles. The Labute approximate surface area is 165 Å². The highest BCUT2D eigenvalue weighted by atomic mass is 16.6. The summed E-state index contributed by atoms with van der Waals surface area (Å²) < 4.78 is 1.37. The van der Waals surface area contributed by atoms with Crippen molar-refractivity contribution in [2.24, 2.45) is 0 Å². The fourth-order valence-electron chi connectivity index (χ4n) is 3.10. The highest BCUT2D eigenvalue weighted by Gasteiger charge is 2.13. The molecule has 0 amide bonds. The summed E-state index contributed by atoms with van der Waals surface area (Å²) in [5.41, 5.74) is 0.994. The number of hydrogen-bond donors (Lipinski definition) is 1. The van der Waals surface area contributed by atoms with Crippen LogP contribution in [0.4, 0.5) is 5.69 Å². The molecule has 142 valence electrons. The first-order valence-corrected chi connectivity index (χ1v) is 8.77. The molecule has 4 aromatic rings. The summed E-state index contributed by atoms with van der Waals surface area (Å²) in [4.78, 5) is 28.5. The van der Waals surface area contributed by atoms with E-state index in [1.54, 1.807) is 66.7 Å². The monoisotopic (exact) mass is 385 g/mol. The van der Waals surface area contributed by atoms with Gasteiger partial charge in [-0.05, 0) is 42.5 Å². The van der Waals surface area contributed by atoms with Crippen LogP contribution in [-0.4, -0.2) is 19.6 Å². The van der Waals surface area contributed by atoms with Crippen molar-refractivity contribution in [1.29, 1.82) is 0 Å². The van der Waals surface area contributed by atoms with Gasteiger partial charge in [0.05, 0.1) is 27.1 Å². The van der Waals surface area contributed by atoms with Crippen molar-refractivity contribution >= 4 is 28.7 Å². The highest BCUT2D eigenvalue weighted by Crippen LogP contribution is 2.22. The van der Waals surface area contributed by atoms with Crippen LogP contribution >= 0.6 is 0 Å². The Morgan fingerprint density at radius 3 is 2.52 bits per heavy atom. The Bertz CT molecular complexity index is 1330. The van der Waals surface area contributed by atoms with Crippen LogP contribution in [0.3, 0.4) is 0 Å². The van der Waals surface area contributed by atoms with Crippen LogP contribution in [-0.2, 0) is 0 Å². The molecule has 0 aliphatic carbocycles. The highest BCUT2D eigenvalue weighted by molar-refractivity contribution is 5.80. The molecule has 7 heteroatoms. The molecular weight excluding hydrogens is 370 g/mol. The predicted molar refractivity (Wildman–Crippen MR) is 111 cm³/mol. The first-order valence-electron chi connectivity index (χ1n) is 8.77. The lowest BCUT2D eigenvalue weighted by atomic mass is 10.1. The third-order valence-electron chi connectivity index (χ3n) is 4.43. The summed E-state index contributed by atoms with van der Waals surface area (Å²) in [5.74, 6) is 0.300. The molecule has 0 fully saturated rings. The minimum atomic E-state index is -0.462.